The molecule has 1 aromatic rings. The lowest BCUT2D eigenvalue weighted by Crippen LogP contribution is -2.12. The fraction of sp³-hybridized carbons (Fsp3) is 0.364. The van der Waals surface area contributed by atoms with Crippen LogP contribution < -0.4 is 0 Å². The molecule has 0 amide bonds. The van der Waals surface area contributed by atoms with Gasteiger partial charge in [0.25, 0.3) is 0 Å². The van der Waals surface area contributed by atoms with Crippen molar-refractivity contribution in [3.05, 3.63) is 34.9 Å². The SMILES string of the molecule is Cc1ccc2c(c1)CC(CO)C2=O. The molecule has 1 aliphatic carbocycles. The van der Waals surface area contributed by atoms with Crippen molar-refractivity contribution in [2.45, 2.75) is 13.3 Å². The van der Waals surface area contributed by atoms with Gasteiger partial charge in [0.05, 0.1) is 6.61 Å². The van der Waals surface area contributed by atoms with E-state index in [2.05, 4.69) is 0 Å². The van der Waals surface area contributed by atoms with Crippen LogP contribution in [-0.2, 0) is 6.42 Å². The Labute approximate surface area is 77.2 Å². The molecule has 0 saturated heterocycles. The summed E-state index contributed by atoms with van der Waals surface area (Å²) in [7, 11) is 0. The standard InChI is InChI=1S/C11H12O2/c1-7-2-3-10-8(4-7)5-9(6-12)11(10)13/h2-4,9,12H,5-6H2,1H3. The molecule has 0 saturated carbocycles. The van der Waals surface area contributed by atoms with Gasteiger partial charge in [0.1, 0.15) is 0 Å². The Bertz CT molecular complexity index is 355. The number of Topliss-reactive ketones (excluding diaryl/α,β-unsaturated/α-hetero) is 1. The Morgan fingerprint density at radius 1 is 1.54 bits per heavy atom. The second kappa shape index (κ2) is 2.96. The molecule has 2 heteroatoms. The van der Waals surface area contributed by atoms with Crippen LogP contribution in [0.15, 0.2) is 18.2 Å². The summed E-state index contributed by atoms with van der Waals surface area (Å²) in [5.74, 6) is -0.103. The molecule has 1 aromatic carbocycles. The van der Waals surface area contributed by atoms with Gasteiger partial charge in [0.2, 0.25) is 0 Å². The number of fused-ring (bicyclic) bond motifs is 1. The van der Waals surface area contributed by atoms with Crippen molar-refractivity contribution in [2.24, 2.45) is 5.92 Å². The quantitative estimate of drug-likeness (QED) is 0.701. The summed E-state index contributed by atoms with van der Waals surface area (Å²) in [5.41, 5.74) is 3.05. The van der Waals surface area contributed by atoms with Gasteiger partial charge in [-0.15, -0.1) is 0 Å². The Morgan fingerprint density at radius 2 is 2.31 bits per heavy atom. The van der Waals surface area contributed by atoms with Crippen LogP contribution in [0.1, 0.15) is 21.5 Å². The Hall–Kier alpha value is -1.15. The van der Waals surface area contributed by atoms with E-state index >= 15 is 0 Å². The fourth-order valence-corrected chi connectivity index (χ4v) is 1.86. The molecule has 0 bridgehead atoms. The number of hydrogen-bond acceptors (Lipinski definition) is 2. The highest BCUT2D eigenvalue weighted by molar-refractivity contribution is 6.02. The van der Waals surface area contributed by atoms with Crippen molar-refractivity contribution in [2.75, 3.05) is 6.61 Å². The molecule has 1 unspecified atom stereocenters. The lowest BCUT2D eigenvalue weighted by atomic mass is 10.1. The third-order valence-corrected chi connectivity index (χ3v) is 2.58. The number of aryl methyl sites for hydroxylation is 1. The maximum Gasteiger partial charge on any atom is 0.168 e. The molecule has 13 heavy (non-hydrogen) atoms. The Balaban J connectivity index is 2.44. The zero-order valence-corrected chi connectivity index (χ0v) is 7.58. The van der Waals surface area contributed by atoms with Crippen molar-refractivity contribution in [1.82, 2.24) is 0 Å². The van der Waals surface area contributed by atoms with Crippen LogP contribution in [0.4, 0.5) is 0 Å². The van der Waals surface area contributed by atoms with Crippen molar-refractivity contribution < 1.29 is 9.90 Å². The van der Waals surface area contributed by atoms with Crippen LogP contribution in [0, 0.1) is 12.8 Å². The molecule has 2 nitrogen and oxygen atoms in total. The largest absolute Gasteiger partial charge is 0.396 e. The Kier molecular flexibility index (Phi) is 1.93. The van der Waals surface area contributed by atoms with Gasteiger partial charge in [-0.05, 0) is 18.9 Å². The average molecular weight is 176 g/mol. The first-order valence-electron chi connectivity index (χ1n) is 4.47. The lowest BCUT2D eigenvalue weighted by molar-refractivity contribution is 0.0883. The van der Waals surface area contributed by atoms with Crippen molar-refractivity contribution >= 4 is 5.78 Å². The van der Waals surface area contributed by atoms with E-state index in [-0.39, 0.29) is 18.3 Å². The van der Waals surface area contributed by atoms with Gasteiger partial charge in [0.15, 0.2) is 5.78 Å². The summed E-state index contributed by atoms with van der Waals surface area (Å²) in [6.07, 6.45) is 0.701. The van der Waals surface area contributed by atoms with E-state index < -0.39 is 0 Å². The molecule has 1 atom stereocenters. The maximum atomic E-state index is 11.6. The van der Waals surface area contributed by atoms with E-state index in [1.165, 1.54) is 5.56 Å². The fourth-order valence-electron chi connectivity index (χ4n) is 1.86. The molecule has 0 fully saturated rings. The minimum absolute atomic E-state index is 0.0352. The van der Waals surface area contributed by atoms with Gasteiger partial charge < -0.3 is 5.11 Å². The van der Waals surface area contributed by atoms with E-state index in [0.29, 0.717) is 6.42 Å². The second-order valence-electron chi connectivity index (χ2n) is 3.61. The molecular weight excluding hydrogens is 164 g/mol. The summed E-state index contributed by atoms with van der Waals surface area (Å²) in [6.45, 7) is 1.98. The highest BCUT2D eigenvalue weighted by Gasteiger charge is 2.29. The van der Waals surface area contributed by atoms with Gasteiger partial charge in [-0.25, -0.2) is 0 Å². The zero-order valence-electron chi connectivity index (χ0n) is 7.58. The van der Waals surface area contributed by atoms with E-state index in [4.69, 9.17) is 5.11 Å². The summed E-state index contributed by atoms with van der Waals surface area (Å²) in [4.78, 5) is 11.6. The first kappa shape index (κ1) is 8.45. The smallest absolute Gasteiger partial charge is 0.168 e. The van der Waals surface area contributed by atoms with Crippen LogP contribution in [0.25, 0.3) is 0 Å². The van der Waals surface area contributed by atoms with Crippen LogP contribution in [0.2, 0.25) is 0 Å². The molecular formula is C11H12O2. The number of aliphatic hydroxyl groups excluding tert-OH is 1. The minimum atomic E-state index is -0.197. The van der Waals surface area contributed by atoms with Crippen LogP contribution in [-0.4, -0.2) is 17.5 Å². The van der Waals surface area contributed by atoms with E-state index in [1.54, 1.807) is 0 Å². The number of ketones is 1. The molecule has 1 N–H and O–H groups in total. The van der Waals surface area contributed by atoms with E-state index in [9.17, 15) is 4.79 Å². The predicted molar refractivity (Wildman–Crippen MR) is 49.8 cm³/mol. The van der Waals surface area contributed by atoms with E-state index in [0.717, 1.165) is 11.1 Å². The van der Waals surface area contributed by atoms with Crippen molar-refractivity contribution in [3.63, 3.8) is 0 Å². The number of aliphatic hydroxyl groups is 1. The number of carbonyl (C=O) groups is 1. The maximum absolute atomic E-state index is 11.6. The molecule has 0 aromatic heterocycles. The molecule has 0 aliphatic heterocycles. The monoisotopic (exact) mass is 176 g/mol. The summed E-state index contributed by atoms with van der Waals surface area (Å²) >= 11 is 0. The highest BCUT2D eigenvalue weighted by atomic mass is 16.3. The van der Waals surface area contributed by atoms with Gasteiger partial charge in [0, 0.05) is 11.5 Å². The predicted octanol–water partition coefficient (Wildman–Crippen LogP) is 1.34. The molecule has 0 spiro atoms. The third kappa shape index (κ3) is 1.27. The average Bonchev–Trinajstić information content (AvgIpc) is 2.42. The molecule has 0 heterocycles. The first-order chi connectivity index (χ1) is 6.22. The van der Waals surface area contributed by atoms with Gasteiger partial charge in [-0.3, -0.25) is 4.79 Å². The normalized spacial score (nSPS) is 20.5. The Morgan fingerprint density at radius 3 is 3.00 bits per heavy atom. The van der Waals surface area contributed by atoms with E-state index in [1.807, 2.05) is 25.1 Å². The van der Waals surface area contributed by atoms with Crippen molar-refractivity contribution in [1.29, 1.82) is 0 Å². The zero-order chi connectivity index (χ0) is 9.42. The molecule has 0 radical (unpaired) electrons. The van der Waals surface area contributed by atoms with Gasteiger partial charge in [-0.1, -0.05) is 23.8 Å². The summed E-state index contributed by atoms with van der Waals surface area (Å²) in [6, 6.07) is 5.84. The highest BCUT2D eigenvalue weighted by Crippen LogP contribution is 2.26. The molecule has 68 valence electrons. The minimum Gasteiger partial charge on any atom is -0.396 e. The van der Waals surface area contributed by atoms with Crippen molar-refractivity contribution in [3.8, 4) is 0 Å². The molecule has 1 aliphatic rings. The summed E-state index contributed by atoms with van der Waals surface area (Å²) in [5, 5.41) is 8.96. The van der Waals surface area contributed by atoms with Crippen LogP contribution >= 0.6 is 0 Å². The molecule has 2 rings (SSSR count). The second-order valence-corrected chi connectivity index (χ2v) is 3.61. The number of carbonyl (C=O) groups excluding carboxylic acids is 1. The number of benzene rings is 1. The number of rotatable bonds is 1. The topological polar surface area (TPSA) is 37.3 Å². The van der Waals surface area contributed by atoms with Crippen LogP contribution in [0.5, 0.6) is 0 Å². The summed E-state index contributed by atoms with van der Waals surface area (Å²) < 4.78 is 0. The van der Waals surface area contributed by atoms with Gasteiger partial charge in [-0.2, -0.15) is 0 Å². The van der Waals surface area contributed by atoms with Gasteiger partial charge >= 0.3 is 0 Å². The third-order valence-electron chi connectivity index (χ3n) is 2.58. The first-order valence-corrected chi connectivity index (χ1v) is 4.47. The van der Waals surface area contributed by atoms with Crippen LogP contribution in [0.3, 0.4) is 0 Å². The lowest BCUT2D eigenvalue weighted by Gasteiger charge is -1.99. The number of hydrogen-bond donors (Lipinski definition) is 1.